The van der Waals surface area contributed by atoms with Crippen LogP contribution < -0.4 is 19.9 Å². The SMILES string of the molecule is CCOc1ccc(C(=O)N2CCN(C)CC2)cc1Nc1ncc2c(n1)N(C1CCCC1)CC(F)(F)C(=O)N2C. The number of likely N-dealkylation sites (N-methyl/N-ethyl adjacent to an activating group) is 1. The third-order valence-corrected chi connectivity index (χ3v) is 7.70. The van der Waals surface area contributed by atoms with Gasteiger partial charge in [0.15, 0.2) is 5.82 Å². The molecule has 3 heterocycles. The number of piperazine rings is 1. The van der Waals surface area contributed by atoms with E-state index in [2.05, 4.69) is 20.2 Å². The third-order valence-electron chi connectivity index (χ3n) is 7.70. The molecule has 2 amide bonds. The molecule has 39 heavy (non-hydrogen) atoms. The lowest BCUT2D eigenvalue weighted by atomic mass is 10.1. The van der Waals surface area contributed by atoms with Gasteiger partial charge in [-0.05, 0) is 45.0 Å². The van der Waals surface area contributed by atoms with Crippen LogP contribution in [0.4, 0.5) is 31.9 Å². The highest BCUT2D eigenvalue weighted by Gasteiger charge is 2.48. The Hall–Kier alpha value is -3.54. The van der Waals surface area contributed by atoms with Crippen molar-refractivity contribution in [3.8, 4) is 5.75 Å². The number of hydrogen-bond donors (Lipinski definition) is 1. The zero-order chi connectivity index (χ0) is 27.7. The number of amides is 2. The van der Waals surface area contributed by atoms with Crippen molar-refractivity contribution >= 4 is 35.0 Å². The topological polar surface area (TPSA) is 94.1 Å². The molecular formula is C27H35F2N7O3. The molecule has 0 bridgehead atoms. The van der Waals surface area contributed by atoms with E-state index in [0.29, 0.717) is 36.7 Å². The second-order valence-corrected chi connectivity index (χ2v) is 10.4. The monoisotopic (exact) mass is 543 g/mol. The summed E-state index contributed by atoms with van der Waals surface area (Å²) >= 11 is 0. The lowest BCUT2D eigenvalue weighted by molar-refractivity contribution is -0.140. The number of alkyl halides is 2. The number of carbonyl (C=O) groups excluding carboxylic acids is 2. The number of anilines is 4. The number of fused-ring (bicyclic) bond motifs is 1. The van der Waals surface area contributed by atoms with E-state index in [1.807, 2.05) is 18.9 Å². The molecule has 1 aliphatic carbocycles. The summed E-state index contributed by atoms with van der Waals surface area (Å²) in [5.41, 5.74) is 1.23. The van der Waals surface area contributed by atoms with E-state index in [4.69, 9.17) is 4.74 Å². The lowest BCUT2D eigenvalue weighted by Gasteiger charge is -2.32. The van der Waals surface area contributed by atoms with Gasteiger partial charge in [-0.25, -0.2) is 4.98 Å². The van der Waals surface area contributed by atoms with Crippen molar-refractivity contribution in [3.63, 3.8) is 0 Å². The predicted molar refractivity (Wildman–Crippen MR) is 144 cm³/mol. The van der Waals surface area contributed by atoms with Gasteiger partial charge in [-0.2, -0.15) is 13.8 Å². The number of carbonyl (C=O) groups is 2. The minimum absolute atomic E-state index is 0.0770. The van der Waals surface area contributed by atoms with Gasteiger partial charge in [-0.1, -0.05) is 12.8 Å². The van der Waals surface area contributed by atoms with Crippen molar-refractivity contribution < 1.29 is 23.1 Å². The molecule has 0 spiro atoms. The van der Waals surface area contributed by atoms with Crippen molar-refractivity contribution in [1.82, 2.24) is 19.8 Å². The molecule has 1 saturated carbocycles. The fourth-order valence-corrected chi connectivity index (χ4v) is 5.46. The second-order valence-electron chi connectivity index (χ2n) is 10.4. The molecule has 0 unspecified atom stereocenters. The van der Waals surface area contributed by atoms with Gasteiger partial charge < -0.3 is 29.7 Å². The van der Waals surface area contributed by atoms with Gasteiger partial charge in [0.25, 0.3) is 11.8 Å². The molecule has 12 heteroatoms. The summed E-state index contributed by atoms with van der Waals surface area (Å²) < 4.78 is 35.6. The average molecular weight is 544 g/mol. The van der Waals surface area contributed by atoms with E-state index < -0.39 is 18.4 Å². The van der Waals surface area contributed by atoms with E-state index in [0.717, 1.165) is 43.7 Å². The highest BCUT2D eigenvalue weighted by molar-refractivity contribution is 6.02. The van der Waals surface area contributed by atoms with Gasteiger partial charge in [0.1, 0.15) is 11.4 Å². The molecule has 1 aromatic heterocycles. The number of rotatable bonds is 6. The molecule has 5 rings (SSSR count). The molecule has 210 valence electrons. The van der Waals surface area contributed by atoms with Crippen LogP contribution in [0.5, 0.6) is 5.75 Å². The van der Waals surface area contributed by atoms with Gasteiger partial charge >= 0.3 is 5.92 Å². The molecule has 3 aliphatic rings. The van der Waals surface area contributed by atoms with Crippen molar-refractivity contribution in [1.29, 1.82) is 0 Å². The van der Waals surface area contributed by atoms with Gasteiger partial charge in [0.2, 0.25) is 5.95 Å². The summed E-state index contributed by atoms with van der Waals surface area (Å²) in [6, 6.07) is 5.04. The van der Waals surface area contributed by atoms with E-state index >= 15 is 0 Å². The highest BCUT2D eigenvalue weighted by Crippen LogP contribution is 2.40. The Morgan fingerprint density at radius 2 is 1.87 bits per heavy atom. The van der Waals surface area contributed by atoms with E-state index in [-0.39, 0.29) is 29.4 Å². The first-order valence-electron chi connectivity index (χ1n) is 13.5. The highest BCUT2D eigenvalue weighted by atomic mass is 19.3. The quantitative estimate of drug-likeness (QED) is 0.593. The molecule has 2 aliphatic heterocycles. The molecule has 10 nitrogen and oxygen atoms in total. The standard InChI is InChI=1S/C27H35F2N7O3/c1-4-39-22-10-9-18(24(37)35-13-11-33(2)12-14-35)15-20(22)31-26-30-16-21-23(32-26)36(19-7-5-6-8-19)17-27(28,29)25(38)34(21)3/h9-10,15-16,19H,4-8,11-14,17H2,1-3H3,(H,30,31,32). The Balaban J connectivity index is 1.48. The van der Waals surface area contributed by atoms with Crippen LogP contribution in [-0.2, 0) is 4.79 Å². The maximum Gasteiger partial charge on any atom is 0.342 e. The van der Waals surface area contributed by atoms with E-state index in [9.17, 15) is 18.4 Å². The second kappa shape index (κ2) is 10.9. The number of hydrogen-bond acceptors (Lipinski definition) is 8. The Bertz CT molecular complexity index is 1230. The molecule has 0 radical (unpaired) electrons. The van der Waals surface area contributed by atoms with Crippen molar-refractivity contribution in [2.24, 2.45) is 0 Å². The first-order chi connectivity index (χ1) is 18.7. The molecule has 1 saturated heterocycles. The van der Waals surface area contributed by atoms with Gasteiger partial charge in [0, 0.05) is 44.8 Å². The number of ether oxygens (including phenoxy) is 1. The fourth-order valence-electron chi connectivity index (χ4n) is 5.46. The van der Waals surface area contributed by atoms with Crippen LogP contribution in [0.2, 0.25) is 0 Å². The summed E-state index contributed by atoms with van der Waals surface area (Å²) in [7, 11) is 3.36. The van der Waals surface area contributed by atoms with Crippen LogP contribution in [0.3, 0.4) is 0 Å². The van der Waals surface area contributed by atoms with Gasteiger partial charge in [-0.15, -0.1) is 0 Å². The average Bonchev–Trinajstić information content (AvgIpc) is 3.45. The van der Waals surface area contributed by atoms with Crippen molar-refractivity contribution in [3.05, 3.63) is 30.0 Å². The predicted octanol–water partition coefficient (Wildman–Crippen LogP) is 3.37. The number of aromatic nitrogens is 2. The molecule has 2 aromatic rings. The van der Waals surface area contributed by atoms with E-state index in [1.165, 1.54) is 13.2 Å². The number of nitrogens with zero attached hydrogens (tertiary/aromatic N) is 6. The Labute approximate surface area is 226 Å². The first-order valence-corrected chi connectivity index (χ1v) is 13.5. The zero-order valence-electron chi connectivity index (χ0n) is 22.6. The summed E-state index contributed by atoms with van der Waals surface area (Å²) in [6.07, 6.45) is 4.78. The minimum Gasteiger partial charge on any atom is -0.492 e. The van der Waals surface area contributed by atoms with Crippen LogP contribution in [0.1, 0.15) is 43.0 Å². The van der Waals surface area contributed by atoms with Crippen molar-refractivity contribution in [2.45, 2.75) is 44.6 Å². The van der Waals surface area contributed by atoms with Crippen LogP contribution in [0.15, 0.2) is 24.4 Å². The Kier molecular flexibility index (Phi) is 7.57. The normalized spacial score (nSPS) is 20.1. The summed E-state index contributed by atoms with van der Waals surface area (Å²) in [4.78, 5) is 41.3. The number of benzene rings is 1. The zero-order valence-corrected chi connectivity index (χ0v) is 22.6. The molecule has 1 N–H and O–H groups in total. The Morgan fingerprint density at radius 1 is 1.15 bits per heavy atom. The van der Waals surface area contributed by atoms with Crippen LogP contribution in [0.25, 0.3) is 0 Å². The van der Waals surface area contributed by atoms with Gasteiger partial charge in [0.05, 0.1) is 25.0 Å². The lowest BCUT2D eigenvalue weighted by Crippen LogP contribution is -2.48. The Morgan fingerprint density at radius 3 is 2.56 bits per heavy atom. The van der Waals surface area contributed by atoms with Crippen LogP contribution in [0, 0.1) is 0 Å². The largest absolute Gasteiger partial charge is 0.492 e. The smallest absolute Gasteiger partial charge is 0.342 e. The van der Waals surface area contributed by atoms with Crippen molar-refractivity contribution in [2.75, 3.05) is 68.5 Å². The third kappa shape index (κ3) is 5.47. The maximum absolute atomic E-state index is 14.9. The fraction of sp³-hybridized carbons (Fsp3) is 0.556. The molecule has 2 fully saturated rings. The molecule has 1 aromatic carbocycles. The summed E-state index contributed by atoms with van der Waals surface area (Å²) in [6.45, 7) is 4.44. The number of halogens is 2. The first kappa shape index (κ1) is 27.0. The van der Waals surface area contributed by atoms with E-state index in [1.54, 1.807) is 23.1 Å². The molecular weight excluding hydrogens is 508 g/mol. The number of nitrogens with one attached hydrogen (secondary N) is 1. The summed E-state index contributed by atoms with van der Waals surface area (Å²) in [5, 5.41) is 3.15. The van der Waals surface area contributed by atoms with Crippen LogP contribution in [-0.4, -0.2) is 97.0 Å². The minimum atomic E-state index is -3.55. The van der Waals surface area contributed by atoms with Gasteiger partial charge in [-0.3, -0.25) is 9.59 Å². The molecule has 0 atom stereocenters. The van der Waals surface area contributed by atoms with Crippen LogP contribution >= 0.6 is 0 Å². The maximum atomic E-state index is 14.9. The summed E-state index contributed by atoms with van der Waals surface area (Å²) in [5.74, 6) is -3.94.